The average Bonchev–Trinajstić information content (AvgIpc) is 2.21. The van der Waals surface area contributed by atoms with Gasteiger partial charge in [-0.05, 0) is 19.8 Å². The van der Waals surface area contributed by atoms with Crippen LogP contribution in [0.3, 0.4) is 0 Å². The molecule has 14 heavy (non-hydrogen) atoms. The number of aromatic nitrogens is 2. The van der Waals surface area contributed by atoms with Crippen molar-refractivity contribution >= 4 is 17.4 Å². The number of hydrogen-bond acceptors (Lipinski definition) is 3. The Balaban J connectivity index is 2.82. The van der Waals surface area contributed by atoms with Gasteiger partial charge in [-0.15, -0.1) is 0 Å². The minimum Gasteiger partial charge on any atom is -0.362 e. The SMILES string of the molecule is CCC(C)(CC)Nc1nccnc1Cl. The fraction of sp³-hybridized carbons (Fsp3) is 0.600. The fourth-order valence-corrected chi connectivity index (χ4v) is 1.27. The van der Waals surface area contributed by atoms with Gasteiger partial charge in [-0.2, -0.15) is 0 Å². The van der Waals surface area contributed by atoms with E-state index in [0.717, 1.165) is 12.8 Å². The summed E-state index contributed by atoms with van der Waals surface area (Å²) < 4.78 is 0. The van der Waals surface area contributed by atoms with E-state index in [4.69, 9.17) is 11.6 Å². The summed E-state index contributed by atoms with van der Waals surface area (Å²) in [7, 11) is 0. The molecule has 1 aromatic rings. The third-order valence-electron chi connectivity index (χ3n) is 2.63. The lowest BCUT2D eigenvalue weighted by Crippen LogP contribution is -2.33. The van der Waals surface area contributed by atoms with Crippen LogP contribution >= 0.6 is 11.6 Å². The van der Waals surface area contributed by atoms with Crippen LogP contribution in [0.4, 0.5) is 5.82 Å². The molecule has 0 bridgehead atoms. The van der Waals surface area contributed by atoms with Gasteiger partial charge >= 0.3 is 0 Å². The van der Waals surface area contributed by atoms with Crippen LogP contribution in [0.25, 0.3) is 0 Å². The first-order valence-electron chi connectivity index (χ1n) is 4.86. The van der Waals surface area contributed by atoms with E-state index in [-0.39, 0.29) is 5.54 Å². The molecule has 1 rings (SSSR count). The van der Waals surface area contributed by atoms with Crippen LogP contribution in [-0.4, -0.2) is 15.5 Å². The molecule has 0 aromatic carbocycles. The lowest BCUT2D eigenvalue weighted by atomic mass is 9.96. The second kappa shape index (κ2) is 4.60. The van der Waals surface area contributed by atoms with Crippen molar-refractivity contribution in [3.8, 4) is 0 Å². The molecular weight excluding hydrogens is 198 g/mol. The van der Waals surface area contributed by atoms with Crippen LogP contribution in [-0.2, 0) is 0 Å². The van der Waals surface area contributed by atoms with Crippen molar-refractivity contribution in [1.82, 2.24) is 9.97 Å². The van der Waals surface area contributed by atoms with E-state index in [0.29, 0.717) is 11.0 Å². The van der Waals surface area contributed by atoms with Gasteiger partial charge in [-0.1, -0.05) is 25.4 Å². The molecule has 0 radical (unpaired) electrons. The van der Waals surface area contributed by atoms with Gasteiger partial charge in [-0.25, -0.2) is 9.97 Å². The molecule has 0 saturated heterocycles. The molecule has 0 saturated carbocycles. The summed E-state index contributed by atoms with van der Waals surface area (Å²) in [6, 6.07) is 0. The molecule has 0 fully saturated rings. The zero-order chi connectivity index (χ0) is 10.6. The summed E-state index contributed by atoms with van der Waals surface area (Å²) in [6.07, 6.45) is 5.27. The van der Waals surface area contributed by atoms with Gasteiger partial charge in [0.25, 0.3) is 0 Å². The maximum absolute atomic E-state index is 5.91. The van der Waals surface area contributed by atoms with Crippen molar-refractivity contribution in [2.75, 3.05) is 5.32 Å². The summed E-state index contributed by atoms with van der Waals surface area (Å²) in [5, 5.41) is 3.75. The lowest BCUT2D eigenvalue weighted by molar-refractivity contribution is 0.476. The fourth-order valence-electron chi connectivity index (χ4n) is 1.12. The Hall–Kier alpha value is -0.830. The van der Waals surface area contributed by atoms with E-state index >= 15 is 0 Å². The third kappa shape index (κ3) is 2.58. The average molecular weight is 214 g/mol. The second-order valence-electron chi connectivity index (χ2n) is 3.59. The second-order valence-corrected chi connectivity index (χ2v) is 3.95. The lowest BCUT2D eigenvalue weighted by Gasteiger charge is -2.28. The Labute approximate surface area is 89.9 Å². The van der Waals surface area contributed by atoms with Crippen LogP contribution in [0.5, 0.6) is 0 Å². The first-order chi connectivity index (χ1) is 6.61. The van der Waals surface area contributed by atoms with Crippen molar-refractivity contribution in [2.24, 2.45) is 0 Å². The quantitative estimate of drug-likeness (QED) is 0.835. The summed E-state index contributed by atoms with van der Waals surface area (Å²) in [5.74, 6) is 0.667. The number of nitrogens with zero attached hydrogens (tertiary/aromatic N) is 2. The Kier molecular flexibility index (Phi) is 3.69. The van der Waals surface area contributed by atoms with Crippen LogP contribution < -0.4 is 5.32 Å². The highest BCUT2D eigenvalue weighted by Gasteiger charge is 2.20. The van der Waals surface area contributed by atoms with Gasteiger partial charge in [0.1, 0.15) is 0 Å². The normalized spacial score (nSPS) is 11.4. The highest BCUT2D eigenvalue weighted by Crippen LogP contribution is 2.23. The van der Waals surface area contributed by atoms with Crippen LogP contribution in [0.2, 0.25) is 5.15 Å². The Morgan fingerprint density at radius 2 is 1.86 bits per heavy atom. The van der Waals surface area contributed by atoms with Gasteiger partial charge in [-0.3, -0.25) is 0 Å². The molecule has 0 unspecified atom stereocenters. The number of hydrogen-bond donors (Lipinski definition) is 1. The number of halogens is 1. The molecule has 0 atom stereocenters. The molecule has 0 spiro atoms. The van der Waals surface area contributed by atoms with Crippen molar-refractivity contribution < 1.29 is 0 Å². The summed E-state index contributed by atoms with van der Waals surface area (Å²) >= 11 is 5.91. The van der Waals surface area contributed by atoms with Gasteiger partial charge in [0, 0.05) is 17.9 Å². The van der Waals surface area contributed by atoms with E-state index in [1.165, 1.54) is 0 Å². The van der Waals surface area contributed by atoms with E-state index in [1.54, 1.807) is 12.4 Å². The largest absolute Gasteiger partial charge is 0.362 e. The van der Waals surface area contributed by atoms with E-state index in [2.05, 4.69) is 36.1 Å². The Bertz CT molecular complexity index is 297. The topological polar surface area (TPSA) is 37.8 Å². The zero-order valence-electron chi connectivity index (χ0n) is 8.84. The molecule has 0 amide bonds. The number of nitrogens with one attached hydrogen (secondary N) is 1. The van der Waals surface area contributed by atoms with E-state index in [1.807, 2.05) is 0 Å². The standard InChI is InChI=1S/C10H16ClN3/c1-4-10(3,5-2)14-9-8(11)12-6-7-13-9/h6-7H,4-5H2,1-3H3,(H,13,14). The van der Waals surface area contributed by atoms with Crippen molar-refractivity contribution in [3.05, 3.63) is 17.5 Å². The Morgan fingerprint density at radius 1 is 1.29 bits per heavy atom. The van der Waals surface area contributed by atoms with Crippen LogP contribution in [0.1, 0.15) is 33.6 Å². The first-order valence-corrected chi connectivity index (χ1v) is 5.24. The van der Waals surface area contributed by atoms with Gasteiger partial charge in [0.2, 0.25) is 0 Å². The molecule has 1 aromatic heterocycles. The molecule has 0 aliphatic rings. The summed E-state index contributed by atoms with van der Waals surface area (Å²) in [6.45, 7) is 6.43. The van der Waals surface area contributed by atoms with Crippen LogP contribution in [0, 0.1) is 0 Å². The summed E-state index contributed by atoms with van der Waals surface area (Å²) in [5.41, 5.74) is 0.0413. The molecule has 0 aliphatic heterocycles. The maximum Gasteiger partial charge on any atom is 0.171 e. The van der Waals surface area contributed by atoms with Gasteiger partial charge < -0.3 is 5.32 Å². The predicted molar refractivity (Wildman–Crippen MR) is 59.7 cm³/mol. The van der Waals surface area contributed by atoms with Crippen molar-refractivity contribution in [1.29, 1.82) is 0 Å². The molecule has 1 N–H and O–H groups in total. The number of rotatable bonds is 4. The van der Waals surface area contributed by atoms with Crippen molar-refractivity contribution in [2.45, 2.75) is 39.2 Å². The Morgan fingerprint density at radius 3 is 2.36 bits per heavy atom. The molecule has 0 aliphatic carbocycles. The molecular formula is C10H16ClN3. The number of anilines is 1. The van der Waals surface area contributed by atoms with Crippen LogP contribution in [0.15, 0.2) is 12.4 Å². The van der Waals surface area contributed by atoms with Crippen molar-refractivity contribution in [3.63, 3.8) is 0 Å². The zero-order valence-corrected chi connectivity index (χ0v) is 9.60. The van der Waals surface area contributed by atoms with Gasteiger partial charge in [0.15, 0.2) is 11.0 Å². The highest BCUT2D eigenvalue weighted by atomic mass is 35.5. The van der Waals surface area contributed by atoms with E-state index < -0.39 is 0 Å². The molecule has 4 heteroatoms. The first kappa shape index (κ1) is 11.2. The molecule has 3 nitrogen and oxygen atoms in total. The molecule has 1 heterocycles. The minimum atomic E-state index is 0.0413. The van der Waals surface area contributed by atoms with E-state index in [9.17, 15) is 0 Å². The smallest absolute Gasteiger partial charge is 0.171 e. The van der Waals surface area contributed by atoms with Gasteiger partial charge in [0.05, 0.1) is 0 Å². The third-order valence-corrected chi connectivity index (χ3v) is 2.91. The minimum absolute atomic E-state index is 0.0413. The molecule has 78 valence electrons. The highest BCUT2D eigenvalue weighted by molar-refractivity contribution is 6.31. The monoisotopic (exact) mass is 213 g/mol. The maximum atomic E-state index is 5.91. The predicted octanol–water partition coefficient (Wildman–Crippen LogP) is 3.12. The summed E-state index contributed by atoms with van der Waals surface area (Å²) in [4.78, 5) is 8.13.